The van der Waals surface area contributed by atoms with Crippen LogP contribution in [0.1, 0.15) is 10.4 Å². The predicted octanol–water partition coefficient (Wildman–Crippen LogP) is 0.576. The van der Waals surface area contributed by atoms with Gasteiger partial charge in [0.1, 0.15) is 6.10 Å². The molecule has 1 atom stereocenters. The van der Waals surface area contributed by atoms with Crippen LogP contribution in [0.3, 0.4) is 0 Å². The molecule has 4 nitrogen and oxygen atoms in total. The Morgan fingerprint density at radius 1 is 1.56 bits per heavy atom. The summed E-state index contributed by atoms with van der Waals surface area (Å²) in [5, 5.41) is 10.7. The number of nitrogens with one attached hydrogen (secondary N) is 1. The fourth-order valence-corrected chi connectivity index (χ4v) is 0.941. The molecule has 16 heavy (non-hydrogen) atoms. The van der Waals surface area contributed by atoms with Crippen LogP contribution in [0.2, 0.25) is 0 Å². The second-order valence-corrected chi connectivity index (χ2v) is 2.97. The van der Waals surface area contributed by atoms with Gasteiger partial charge in [0, 0.05) is 12.7 Å². The van der Waals surface area contributed by atoms with Crippen molar-refractivity contribution < 1.29 is 23.1 Å². The van der Waals surface area contributed by atoms with E-state index in [1.165, 1.54) is 6.20 Å². The van der Waals surface area contributed by atoms with Crippen LogP contribution < -0.4 is 5.32 Å². The number of hydrogen-bond donors (Lipinski definition) is 2. The summed E-state index contributed by atoms with van der Waals surface area (Å²) in [5.74, 6) is -1.73. The largest absolute Gasteiger partial charge is 0.385 e. The van der Waals surface area contributed by atoms with Crippen molar-refractivity contribution >= 4 is 5.91 Å². The Labute approximate surface area is 89.1 Å². The highest BCUT2D eigenvalue weighted by molar-refractivity contribution is 5.94. The Bertz CT molecular complexity index is 374. The molecule has 0 bridgehead atoms. The minimum absolute atomic E-state index is 0.309. The zero-order chi connectivity index (χ0) is 12.1. The average Bonchev–Trinajstić information content (AvgIpc) is 2.25. The molecule has 88 valence electrons. The van der Waals surface area contributed by atoms with E-state index in [1.54, 1.807) is 0 Å². The van der Waals surface area contributed by atoms with Crippen molar-refractivity contribution in [1.82, 2.24) is 10.3 Å². The molecule has 0 saturated carbocycles. The first kappa shape index (κ1) is 12.4. The molecule has 1 amide bonds. The molecule has 2 N–H and O–H groups in total. The summed E-state index contributed by atoms with van der Waals surface area (Å²) in [6.45, 7) is -0.641. The fourth-order valence-electron chi connectivity index (χ4n) is 0.941. The van der Waals surface area contributed by atoms with Gasteiger partial charge in [0.2, 0.25) is 0 Å². The third kappa shape index (κ3) is 3.20. The highest BCUT2D eigenvalue weighted by Crippen LogP contribution is 2.04. The number of halogens is 3. The molecule has 1 unspecified atom stereocenters. The van der Waals surface area contributed by atoms with Crippen LogP contribution in [0.15, 0.2) is 18.5 Å². The summed E-state index contributed by atoms with van der Waals surface area (Å²) in [6, 6.07) is 1.11. The van der Waals surface area contributed by atoms with Gasteiger partial charge in [-0.25, -0.2) is 13.2 Å². The van der Waals surface area contributed by atoms with E-state index < -0.39 is 30.8 Å². The normalized spacial score (nSPS) is 12.6. The maximum atomic E-state index is 13.0. The summed E-state index contributed by atoms with van der Waals surface area (Å²) < 4.78 is 36.7. The van der Waals surface area contributed by atoms with Crippen LogP contribution in [-0.4, -0.2) is 35.1 Å². The van der Waals surface area contributed by atoms with Gasteiger partial charge in [0.15, 0.2) is 5.82 Å². The Morgan fingerprint density at radius 2 is 2.25 bits per heavy atom. The van der Waals surface area contributed by atoms with Gasteiger partial charge in [-0.1, -0.05) is 0 Å². The van der Waals surface area contributed by atoms with Gasteiger partial charge >= 0.3 is 0 Å². The van der Waals surface area contributed by atoms with Crippen molar-refractivity contribution in [2.45, 2.75) is 12.5 Å². The zero-order valence-electron chi connectivity index (χ0n) is 8.03. The smallest absolute Gasteiger partial charge is 0.265 e. The van der Waals surface area contributed by atoms with Crippen LogP contribution in [0.25, 0.3) is 0 Å². The van der Waals surface area contributed by atoms with Gasteiger partial charge < -0.3 is 10.4 Å². The summed E-state index contributed by atoms with van der Waals surface area (Å²) in [5.41, 5.74) is -0.309. The monoisotopic (exact) mass is 234 g/mol. The maximum Gasteiger partial charge on any atom is 0.265 e. The minimum atomic E-state index is -2.96. The Kier molecular flexibility index (Phi) is 4.24. The highest BCUT2D eigenvalue weighted by Gasteiger charge is 2.18. The van der Waals surface area contributed by atoms with Gasteiger partial charge in [-0.2, -0.15) is 0 Å². The molecule has 0 fully saturated rings. The minimum Gasteiger partial charge on any atom is -0.385 e. The third-order valence-electron chi connectivity index (χ3n) is 1.78. The lowest BCUT2D eigenvalue weighted by atomic mass is 10.2. The predicted molar refractivity (Wildman–Crippen MR) is 48.5 cm³/mol. The van der Waals surface area contributed by atoms with Crippen molar-refractivity contribution in [3.05, 3.63) is 29.8 Å². The molecule has 1 heterocycles. The van der Waals surface area contributed by atoms with Crippen molar-refractivity contribution in [2.24, 2.45) is 0 Å². The zero-order valence-corrected chi connectivity index (χ0v) is 8.03. The van der Waals surface area contributed by atoms with Crippen LogP contribution in [0.5, 0.6) is 0 Å². The van der Waals surface area contributed by atoms with Gasteiger partial charge in [0.05, 0.1) is 11.8 Å². The van der Waals surface area contributed by atoms with E-state index in [1.807, 2.05) is 5.32 Å². The van der Waals surface area contributed by atoms with E-state index in [0.717, 1.165) is 12.3 Å². The number of rotatable bonds is 4. The van der Waals surface area contributed by atoms with E-state index in [2.05, 4.69) is 4.98 Å². The number of aliphatic hydroxyl groups excluding tert-OH is 1. The molecule has 0 aliphatic heterocycles. The van der Waals surface area contributed by atoms with Crippen molar-refractivity contribution in [3.8, 4) is 0 Å². The number of aromatic nitrogens is 1. The molecule has 0 aliphatic carbocycles. The van der Waals surface area contributed by atoms with Gasteiger partial charge in [-0.05, 0) is 6.07 Å². The summed E-state index contributed by atoms with van der Waals surface area (Å²) in [6.07, 6.45) is -2.89. The molecular formula is C9H9F3N2O2. The van der Waals surface area contributed by atoms with E-state index in [0.29, 0.717) is 0 Å². The van der Waals surface area contributed by atoms with Crippen LogP contribution in [0.4, 0.5) is 13.2 Å². The van der Waals surface area contributed by atoms with Crippen molar-refractivity contribution in [3.63, 3.8) is 0 Å². The van der Waals surface area contributed by atoms with Gasteiger partial charge in [-0.15, -0.1) is 0 Å². The Morgan fingerprint density at radius 3 is 2.81 bits per heavy atom. The van der Waals surface area contributed by atoms with E-state index in [4.69, 9.17) is 5.11 Å². The van der Waals surface area contributed by atoms with Crippen LogP contribution in [0, 0.1) is 5.82 Å². The molecule has 1 aromatic rings. The van der Waals surface area contributed by atoms with E-state index in [-0.39, 0.29) is 5.56 Å². The Balaban J connectivity index is 2.57. The molecule has 0 saturated heterocycles. The third-order valence-corrected chi connectivity index (χ3v) is 1.78. The summed E-state index contributed by atoms with van der Waals surface area (Å²) in [7, 11) is 0. The maximum absolute atomic E-state index is 13.0. The van der Waals surface area contributed by atoms with Gasteiger partial charge in [-0.3, -0.25) is 9.78 Å². The number of amides is 1. The SMILES string of the molecule is O=C(NCC(O)C(F)F)c1ccncc1F. The number of hydrogen-bond acceptors (Lipinski definition) is 3. The molecule has 0 spiro atoms. The van der Waals surface area contributed by atoms with E-state index in [9.17, 15) is 18.0 Å². The summed E-state index contributed by atoms with van der Waals surface area (Å²) >= 11 is 0. The number of pyridine rings is 1. The molecule has 1 rings (SSSR count). The van der Waals surface area contributed by atoms with Gasteiger partial charge in [0.25, 0.3) is 12.3 Å². The summed E-state index contributed by atoms with van der Waals surface area (Å²) in [4.78, 5) is 14.7. The first-order valence-corrected chi connectivity index (χ1v) is 4.36. The molecule has 7 heteroatoms. The lowest BCUT2D eigenvalue weighted by Gasteiger charge is -2.10. The number of carbonyl (C=O) groups excluding carboxylic acids is 1. The first-order chi connectivity index (χ1) is 7.52. The number of carbonyl (C=O) groups is 1. The quantitative estimate of drug-likeness (QED) is 0.800. The molecule has 0 aliphatic rings. The molecule has 0 radical (unpaired) electrons. The van der Waals surface area contributed by atoms with Crippen molar-refractivity contribution in [1.29, 1.82) is 0 Å². The lowest BCUT2D eigenvalue weighted by molar-refractivity contribution is -0.00272. The molecule has 0 aromatic carbocycles. The molecular weight excluding hydrogens is 225 g/mol. The number of aliphatic hydroxyl groups is 1. The number of nitrogens with zero attached hydrogens (tertiary/aromatic N) is 1. The number of alkyl halides is 2. The topological polar surface area (TPSA) is 62.2 Å². The highest BCUT2D eigenvalue weighted by atomic mass is 19.3. The second-order valence-electron chi connectivity index (χ2n) is 2.97. The first-order valence-electron chi connectivity index (χ1n) is 4.36. The Hall–Kier alpha value is -1.63. The van der Waals surface area contributed by atoms with Crippen LogP contribution in [-0.2, 0) is 0 Å². The standard InChI is InChI=1S/C9H9F3N2O2/c10-6-3-13-2-1-5(6)9(16)14-4-7(15)8(11)12/h1-3,7-8,15H,4H2,(H,14,16). The second kappa shape index (κ2) is 5.45. The van der Waals surface area contributed by atoms with Crippen molar-refractivity contribution in [2.75, 3.05) is 6.54 Å². The lowest BCUT2D eigenvalue weighted by Crippen LogP contribution is -2.36. The molecule has 1 aromatic heterocycles. The average molecular weight is 234 g/mol. The van der Waals surface area contributed by atoms with E-state index >= 15 is 0 Å². The fraction of sp³-hybridized carbons (Fsp3) is 0.333. The van der Waals surface area contributed by atoms with Crippen LogP contribution >= 0.6 is 0 Å².